The van der Waals surface area contributed by atoms with Crippen molar-refractivity contribution in [2.45, 2.75) is 38.8 Å². The maximum Gasteiger partial charge on any atom is 0.335 e. The molecule has 1 aliphatic rings. The molecule has 1 aliphatic heterocycles. The molecule has 6 nitrogen and oxygen atoms in total. The average Bonchev–Trinajstić information content (AvgIpc) is 2.94. The van der Waals surface area contributed by atoms with Crippen LogP contribution in [0.5, 0.6) is 5.75 Å². The second-order valence-electron chi connectivity index (χ2n) is 5.97. The van der Waals surface area contributed by atoms with Gasteiger partial charge in [-0.3, -0.25) is 4.79 Å². The molecule has 1 atom stereocenters. The fourth-order valence-electron chi connectivity index (χ4n) is 2.82. The molecule has 0 spiro atoms. The summed E-state index contributed by atoms with van der Waals surface area (Å²) in [6, 6.07) is 4.49. The number of benzene rings is 1. The molecule has 6 heteroatoms. The van der Waals surface area contributed by atoms with Crippen LogP contribution in [0.25, 0.3) is 0 Å². The van der Waals surface area contributed by atoms with Gasteiger partial charge in [-0.25, -0.2) is 4.79 Å². The minimum Gasteiger partial charge on any atom is -0.491 e. The molecule has 0 bridgehead atoms. The van der Waals surface area contributed by atoms with Crippen molar-refractivity contribution >= 4 is 11.9 Å². The van der Waals surface area contributed by atoms with Crippen LogP contribution in [0.3, 0.4) is 0 Å². The lowest BCUT2D eigenvalue weighted by atomic mass is 10.1. The van der Waals surface area contributed by atoms with Crippen LogP contribution in [-0.2, 0) is 4.74 Å². The first-order chi connectivity index (χ1) is 10.9. The molecule has 0 aliphatic carbocycles. The highest BCUT2D eigenvalue weighted by molar-refractivity contribution is 5.98. The lowest BCUT2D eigenvalue weighted by Crippen LogP contribution is -2.38. The van der Waals surface area contributed by atoms with Crippen molar-refractivity contribution in [3.63, 3.8) is 0 Å². The standard InChI is InChI=1S/C17H23NO5/c1-11(2)23-15-8-12(7-13(9-15)17(20)21)16(19)18-6-4-5-14(18)10-22-3/h7-9,11,14H,4-6,10H2,1-3H3,(H,20,21)/t14-/m1/s1. The van der Waals surface area contributed by atoms with E-state index in [0.717, 1.165) is 12.8 Å². The van der Waals surface area contributed by atoms with Crippen molar-refractivity contribution in [1.29, 1.82) is 0 Å². The Morgan fingerprint density at radius 3 is 2.61 bits per heavy atom. The molecule has 1 fully saturated rings. The molecule has 0 radical (unpaired) electrons. The summed E-state index contributed by atoms with van der Waals surface area (Å²) in [4.78, 5) is 25.8. The van der Waals surface area contributed by atoms with E-state index >= 15 is 0 Å². The third-order valence-corrected chi connectivity index (χ3v) is 3.77. The number of carbonyl (C=O) groups excluding carboxylic acids is 1. The molecule has 2 rings (SSSR count). The van der Waals surface area contributed by atoms with E-state index < -0.39 is 5.97 Å². The van der Waals surface area contributed by atoms with Crippen molar-refractivity contribution in [2.24, 2.45) is 0 Å². The van der Waals surface area contributed by atoms with E-state index in [9.17, 15) is 14.7 Å². The number of aromatic carboxylic acids is 1. The van der Waals surface area contributed by atoms with Crippen LogP contribution in [-0.4, -0.2) is 54.3 Å². The van der Waals surface area contributed by atoms with Crippen LogP contribution in [0.1, 0.15) is 47.4 Å². The van der Waals surface area contributed by atoms with E-state index in [-0.39, 0.29) is 23.6 Å². The number of hydrogen-bond donors (Lipinski definition) is 1. The molecule has 1 saturated heterocycles. The molecule has 126 valence electrons. The monoisotopic (exact) mass is 321 g/mol. The quantitative estimate of drug-likeness (QED) is 0.871. The minimum absolute atomic E-state index is 0.0375. The Bertz CT molecular complexity index is 584. The Morgan fingerprint density at radius 2 is 2.00 bits per heavy atom. The Labute approximate surface area is 136 Å². The van der Waals surface area contributed by atoms with Crippen molar-refractivity contribution in [3.05, 3.63) is 29.3 Å². The van der Waals surface area contributed by atoms with Gasteiger partial charge in [-0.15, -0.1) is 0 Å². The predicted octanol–water partition coefficient (Wildman–Crippen LogP) is 2.42. The SMILES string of the molecule is COC[C@H]1CCCN1C(=O)c1cc(OC(C)C)cc(C(=O)O)c1. The molecule has 1 amide bonds. The molecule has 1 N–H and O–H groups in total. The number of hydrogen-bond acceptors (Lipinski definition) is 4. The number of carboxylic acid groups (broad SMARTS) is 1. The predicted molar refractivity (Wildman–Crippen MR) is 85.1 cm³/mol. The Hall–Kier alpha value is -2.08. The second-order valence-corrected chi connectivity index (χ2v) is 5.97. The zero-order valence-electron chi connectivity index (χ0n) is 13.7. The van der Waals surface area contributed by atoms with Gasteiger partial charge in [-0.05, 0) is 44.9 Å². The molecule has 1 heterocycles. The first kappa shape index (κ1) is 17.3. The van der Waals surface area contributed by atoms with Crippen molar-refractivity contribution < 1.29 is 24.2 Å². The van der Waals surface area contributed by atoms with Gasteiger partial charge in [0, 0.05) is 19.2 Å². The molecule has 0 aromatic heterocycles. The van der Waals surface area contributed by atoms with Gasteiger partial charge in [0.25, 0.3) is 5.91 Å². The summed E-state index contributed by atoms with van der Waals surface area (Å²) in [5.74, 6) is -0.866. The highest BCUT2D eigenvalue weighted by Gasteiger charge is 2.30. The fraction of sp³-hybridized carbons (Fsp3) is 0.529. The van der Waals surface area contributed by atoms with Crippen LogP contribution in [0.2, 0.25) is 0 Å². The van der Waals surface area contributed by atoms with Gasteiger partial charge in [0.2, 0.25) is 0 Å². The number of rotatable bonds is 6. The minimum atomic E-state index is -1.08. The number of carboxylic acids is 1. The van der Waals surface area contributed by atoms with Crippen LogP contribution in [0.15, 0.2) is 18.2 Å². The van der Waals surface area contributed by atoms with Gasteiger partial charge in [-0.1, -0.05) is 0 Å². The fourth-order valence-corrected chi connectivity index (χ4v) is 2.82. The van der Waals surface area contributed by atoms with E-state index in [1.54, 1.807) is 18.1 Å². The van der Waals surface area contributed by atoms with Gasteiger partial charge >= 0.3 is 5.97 Å². The van der Waals surface area contributed by atoms with Gasteiger partial charge in [0.15, 0.2) is 0 Å². The Kier molecular flexibility index (Phi) is 5.60. The van der Waals surface area contributed by atoms with Gasteiger partial charge in [0.1, 0.15) is 5.75 Å². The van der Waals surface area contributed by atoms with E-state index in [0.29, 0.717) is 24.5 Å². The first-order valence-electron chi connectivity index (χ1n) is 7.77. The van der Waals surface area contributed by atoms with E-state index in [2.05, 4.69) is 0 Å². The van der Waals surface area contributed by atoms with Gasteiger partial charge < -0.3 is 19.5 Å². The van der Waals surface area contributed by atoms with Crippen LogP contribution in [0.4, 0.5) is 0 Å². The van der Waals surface area contributed by atoms with Crippen LogP contribution in [0, 0.1) is 0 Å². The molecular formula is C17H23NO5. The molecule has 0 saturated carbocycles. The Balaban J connectivity index is 2.31. The lowest BCUT2D eigenvalue weighted by Gasteiger charge is -2.24. The molecule has 23 heavy (non-hydrogen) atoms. The first-order valence-corrected chi connectivity index (χ1v) is 7.77. The summed E-state index contributed by atoms with van der Waals surface area (Å²) >= 11 is 0. The average molecular weight is 321 g/mol. The molecule has 0 unspecified atom stereocenters. The van der Waals surface area contributed by atoms with E-state index in [1.165, 1.54) is 12.1 Å². The van der Waals surface area contributed by atoms with Crippen molar-refractivity contribution in [1.82, 2.24) is 4.90 Å². The molecule has 1 aromatic rings. The van der Waals surface area contributed by atoms with Gasteiger partial charge in [-0.2, -0.15) is 0 Å². The number of amides is 1. The third-order valence-electron chi connectivity index (χ3n) is 3.77. The van der Waals surface area contributed by atoms with Gasteiger partial charge in [0.05, 0.1) is 24.3 Å². The summed E-state index contributed by atoms with van der Waals surface area (Å²) in [6.07, 6.45) is 1.72. The lowest BCUT2D eigenvalue weighted by molar-refractivity contribution is 0.0630. The largest absolute Gasteiger partial charge is 0.491 e. The van der Waals surface area contributed by atoms with Crippen LogP contribution >= 0.6 is 0 Å². The molecule has 1 aromatic carbocycles. The Morgan fingerprint density at radius 1 is 1.30 bits per heavy atom. The van der Waals surface area contributed by atoms with Crippen molar-refractivity contribution in [3.8, 4) is 5.75 Å². The maximum atomic E-state index is 12.8. The number of likely N-dealkylation sites (tertiary alicyclic amines) is 1. The number of nitrogens with zero attached hydrogens (tertiary/aromatic N) is 1. The summed E-state index contributed by atoms with van der Waals surface area (Å²) in [6.45, 7) is 4.85. The highest BCUT2D eigenvalue weighted by atomic mass is 16.5. The summed E-state index contributed by atoms with van der Waals surface area (Å²) in [5.41, 5.74) is 0.387. The van der Waals surface area contributed by atoms with Crippen molar-refractivity contribution in [2.75, 3.05) is 20.3 Å². The summed E-state index contributed by atoms with van der Waals surface area (Å²) < 4.78 is 10.7. The number of methoxy groups -OCH3 is 1. The summed E-state index contributed by atoms with van der Waals surface area (Å²) in [7, 11) is 1.61. The topological polar surface area (TPSA) is 76.1 Å². The smallest absolute Gasteiger partial charge is 0.335 e. The van der Waals surface area contributed by atoms with Crippen LogP contribution < -0.4 is 4.74 Å². The zero-order chi connectivity index (χ0) is 17.0. The number of ether oxygens (including phenoxy) is 2. The maximum absolute atomic E-state index is 12.8. The number of carbonyl (C=O) groups is 2. The second kappa shape index (κ2) is 7.46. The molecular weight excluding hydrogens is 298 g/mol. The normalized spacial score (nSPS) is 17.6. The third kappa shape index (κ3) is 4.22. The van der Waals surface area contributed by atoms with E-state index in [1.807, 2.05) is 13.8 Å². The highest BCUT2D eigenvalue weighted by Crippen LogP contribution is 2.24. The summed E-state index contributed by atoms with van der Waals surface area (Å²) in [5, 5.41) is 9.25. The zero-order valence-corrected chi connectivity index (χ0v) is 13.7. The van der Waals surface area contributed by atoms with E-state index in [4.69, 9.17) is 9.47 Å².